The fourth-order valence-electron chi connectivity index (χ4n) is 3.94. The van der Waals surface area contributed by atoms with Gasteiger partial charge in [0.1, 0.15) is 11.5 Å². The molecule has 0 radical (unpaired) electrons. The van der Waals surface area contributed by atoms with Gasteiger partial charge in [-0.05, 0) is 60.0 Å². The molecule has 0 unspecified atom stereocenters. The number of anilines is 1. The third-order valence-corrected chi connectivity index (χ3v) is 5.99. The van der Waals surface area contributed by atoms with Gasteiger partial charge in [-0.1, -0.05) is 18.6 Å². The normalized spacial score (nSPS) is 13.6. The highest BCUT2D eigenvalue weighted by atomic mass is 16.5. The van der Waals surface area contributed by atoms with Gasteiger partial charge in [0.2, 0.25) is 5.91 Å². The number of carbonyl (C=O) groups excluding carboxylic acids is 1. The monoisotopic (exact) mass is 428 g/mol. The second-order valence-corrected chi connectivity index (χ2v) is 7.98. The molecule has 0 atom stereocenters. The Hall–Kier alpha value is -3.80. The molecule has 1 aromatic heterocycles. The number of carbonyl (C=O) groups is 1. The third-order valence-electron chi connectivity index (χ3n) is 5.99. The van der Waals surface area contributed by atoms with E-state index in [0.29, 0.717) is 23.0 Å². The van der Waals surface area contributed by atoms with Crippen molar-refractivity contribution in [1.82, 2.24) is 4.98 Å². The standard InChI is InChI=1S/C26H24N2O4/c1-30-24-14-21-22(15-25(24)31-2)27-11-10-23(21)32-20-9-7-17-12-19(8-6-18(17)13-20)28-26(29)16-4-3-5-16/h6-16H,3-5H2,1-2H3,(H,28,29). The Balaban J connectivity index is 1.42. The molecular weight excluding hydrogens is 404 g/mol. The van der Waals surface area contributed by atoms with Crippen LogP contribution in [0.3, 0.4) is 0 Å². The van der Waals surface area contributed by atoms with Gasteiger partial charge in [0.25, 0.3) is 0 Å². The minimum absolute atomic E-state index is 0.118. The summed E-state index contributed by atoms with van der Waals surface area (Å²) >= 11 is 0. The average Bonchev–Trinajstić information content (AvgIpc) is 2.77. The van der Waals surface area contributed by atoms with E-state index in [2.05, 4.69) is 10.3 Å². The van der Waals surface area contributed by atoms with Crippen LogP contribution >= 0.6 is 0 Å². The first kappa shape index (κ1) is 20.1. The highest BCUT2D eigenvalue weighted by Crippen LogP contribution is 2.37. The van der Waals surface area contributed by atoms with E-state index in [1.54, 1.807) is 20.4 Å². The molecule has 0 bridgehead atoms. The van der Waals surface area contributed by atoms with E-state index in [0.717, 1.165) is 46.6 Å². The van der Waals surface area contributed by atoms with Gasteiger partial charge in [-0.3, -0.25) is 9.78 Å². The summed E-state index contributed by atoms with van der Waals surface area (Å²) in [7, 11) is 3.20. The maximum atomic E-state index is 12.2. The molecule has 1 heterocycles. The lowest BCUT2D eigenvalue weighted by Gasteiger charge is -2.24. The van der Waals surface area contributed by atoms with Gasteiger partial charge in [0.05, 0.1) is 19.7 Å². The maximum Gasteiger partial charge on any atom is 0.227 e. The highest BCUT2D eigenvalue weighted by molar-refractivity contribution is 5.96. The number of pyridine rings is 1. The van der Waals surface area contributed by atoms with Gasteiger partial charge in [-0.2, -0.15) is 0 Å². The van der Waals surface area contributed by atoms with Crippen molar-refractivity contribution in [3.05, 3.63) is 60.8 Å². The van der Waals surface area contributed by atoms with Gasteiger partial charge in [-0.15, -0.1) is 0 Å². The number of ether oxygens (including phenoxy) is 3. The summed E-state index contributed by atoms with van der Waals surface area (Å²) in [4.78, 5) is 16.7. The minimum Gasteiger partial charge on any atom is -0.493 e. The van der Waals surface area contributed by atoms with Crippen molar-refractivity contribution in [3.8, 4) is 23.0 Å². The molecule has 32 heavy (non-hydrogen) atoms. The zero-order chi connectivity index (χ0) is 22.1. The summed E-state index contributed by atoms with van der Waals surface area (Å²) in [6.07, 6.45) is 4.83. The first-order valence-electron chi connectivity index (χ1n) is 10.7. The number of amides is 1. The van der Waals surface area contributed by atoms with E-state index in [1.165, 1.54) is 0 Å². The Morgan fingerprint density at radius 2 is 1.66 bits per heavy atom. The van der Waals surface area contributed by atoms with Gasteiger partial charge in [0.15, 0.2) is 11.5 Å². The smallest absolute Gasteiger partial charge is 0.227 e. The summed E-state index contributed by atoms with van der Waals surface area (Å²) in [5.41, 5.74) is 1.58. The summed E-state index contributed by atoms with van der Waals surface area (Å²) in [5.74, 6) is 2.91. The lowest BCUT2D eigenvalue weighted by Crippen LogP contribution is -2.27. The van der Waals surface area contributed by atoms with Gasteiger partial charge in [0, 0.05) is 29.3 Å². The summed E-state index contributed by atoms with van der Waals surface area (Å²) < 4.78 is 17.0. The molecule has 1 N–H and O–H groups in total. The lowest BCUT2D eigenvalue weighted by atomic mass is 9.85. The first-order valence-corrected chi connectivity index (χ1v) is 10.7. The Morgan fingerprint density at radius 3 is 2.41 bits per heavy atom. The molecule has 5 rings (SSSR count). The molecule has 6 heteroatoms. The van der Waals surface area contributed by atoms with Crippen LogP contribution in [0.5, 0.6) is 23.0 Å². The molecule has 1 aliphatic rings. The fourth-order valence-corrected chi connectivity index (χ4v) is 3.94. The Kier molecular flexibility index (Phi) is 5.27. The molecule has 162 valence electrons. The maximum absolute atomic E-state index is 12.2. The van der Waals surface area contributed by atoms with Gasteiger partial charge < -0.3 is 19.5 Å². The highest BCUT2D eigenvalue weighted by Gasteiger charge is 2.25. The Bertz CT molecular complexity index is 1310. The van der Waals surface area contributed by atoms with Crippen molar-refractivity contribution in [2.75, 3.05) is 19.5 Å². The summed E-state index contributed by atoms with van der Waals surface area (Å²) in [6, 6.07) is 17.4. The zero-order valence-corrected chi connectivity index (χ0v) is 18.1. The van der Waals surface area contributed by atoms with Gasteiger partial charge >= 0.3 is 0 Å². The zero-order valence-electron chi connectivity index (χ0n) is 18.1. The van der Waals surface area contributed by atoms with Crippen molar-refractivity contribution in [1.29, 1.82) is 0 Å². The van der Waals surface area contributed by atoms with Crippen molar-refractivity contribution in [2.45, 2.75) is 19.3 Å². The Morgan fingerprint density at radius 1 is 0.906 bits per heavy atom. The number of nitrogens with one attached hydrogen (secondary N) is 1. The molecule has 0 aliphatic heterocycles. The van der Waals surface area contributed by atoms with Gasteiger partial charge in [-0.25, -0.2) is 0 Å². The van der Waals surface area contributed by atoms with Crippen LogP contribution < -0.4 is 19.5 Å². The van der Waals surface area contributed by atoms with Crippen molar-refractivity contribution in [2.24, 2.45) is 5.92 Å². The van der Waals surface area contributed by atoms with E-state index in [4.69, 9.17) is 14.2 Å². The summed E-state index contributed by atoms with van der Waals surface area (Å²) in [5, 5.41) is 5.93. The topological polar surface area (TPSA) is 69.7 Å². The predicted octanol–water partition coefficient (Wildman–Crippen LogP) is 5.94. The second kappa shape index (κ2) is 8.38. The Labute approximate surface area is 186 Å². The second-order valence-electron chi connectivity index (χ2n) is 7.98. The van der Waals surface area contributed by atoms with Crippen molar-refractivity contribution < 1.29 is 19.0 Å². The summed E-state index contributed by atoms with van der Waals surface area (Å²) in [6.45, 7) is 0. The lowest BCUT2D eigenvalue weighted by molar-refractivity contribution is -0.122. The molecule has 4 aromatic rings. The number of rotatable bonds is 6. The van der Waals surface area contributed by atoms with Crippen LogP contribution in [0, 0.1) is 5.92 Å². The van der Waals surface area contributed by atoms with Crippen molar-refractivity contribution >= 4 is 33.3 Å². The van der Waals surface area contributed by atoms with Crippen LogP contribution in [0.2, 0.25) is 0 Å². The van der Waals surface area contributed by atoms with Crippen LogP contribution in [0.1, 0.15) is 19.3 Å². The van der Waals surface area contributed by atoms with E-state index in [9.17, 15) is 4.79 Å². The average molecular weight is 428 g/mol. The molecule has 1 fully saturated rings. The molecule has 0 saturated heterocycles. The molecule has 0 spiro atoms. The largest absolute Gasteiger partial charge is 0.493 e. The van der Waals surface area contributed by atoms with E-state index >= 15 is 0 Å². The number of nitrogens with zero attached hydrogens (tertiary/aromatic N) is 1. The van der Waals surface area contributed by atoms with Crippen LogP contribution in [0.25, 0.3) is 21.7 Å². The molecule has 1 aliphatic carbocycles. The quantitative estimate of drug-likeness (QED) is 0.412. The number of benzene rings is 3. The van der Waals surface area contributed by atoms with Crippen LogP contribution in [0.15, 0.2) is 60.8 Å². The van der Waals surface area contributed by atoms with E-state index in [1.807, 2.05) is 54.6 Å². The van der Waals surface area contributed by atoms with E-state index < -0.39 is 0 Å². The van der Waals surface area contributed by atoms with Crippen molar-refractivity contribution in [3.63, 3.8) is 0 Å². The molecular formula is C26H24N2O4. The molecule has 1 amide bonds. The fraction of sp³-hybridized carbons (Fsp3) is 0.231. The first-order chi connectivity index (χ1) is 15.6. The van der Waals surface area contributed by atoms with Crippen LogP contribution in [-0.2, 0) is 4.79 Å². The van der Waals surface area contributed by atoms with Crippen LogP contribution in [-0.4, -0.2) is 25.1 Å². The molecule has 1 saturated carbocycles. The molecule has 6 nitrogen and oxygen atoms in total. The van der Waals surface area contributed by atoms with E-state index in [-0.39, 0.29) is 11.8 Å². The number of fused-ring (bicyclic) bond motifs is 2. The number of methoxy groups -OCH3 is 2. The third kappa shape index (κ3) is 3.80. The molecule has 3 aromatic carbocycles. The SMILES string of the molecule is COc1cc2nccc(Oc3ccc4cc(NC(=O)C5CCC5)ccc4c3)c2cc1OC. The minimum atomic E-state index is 0.118. The predicted molar refractivity (Wildman–Crippen MR) is 125 cm³/mol. The van der Waals surface area contributed by atoms with Crippen LogP contribution in [0.4, 0.5) is 5.69 Å². The number of hydrogen-bond acceptors (Lipinski definition) is 5. The number of hydrogen-bond donors (Lipinski definition) is 1. The number of aromatic nitrogens is 1.